The number of aromatic amines is 1. The van der Waals surface area contributed by atoms with Crippen molar-refractivity contribution < 1.29 is 9.18 Å². The molecule has 2 heterocycles. The maximum atomic E-state index is 13.3. The highest BCUT2D eigenvalue weighted by atomic mass is 19.1. The molecule has 0 radical (unpaired) electrons. The van der Waals surface area contributed by atoms with Gasteiger partial charge in [-0.2, -0.15) is 0 Å². The molecule has 0 bridgehead atoms. The quantitative estimate of drug-likeness (QED) is 0.812. The molecule has 1 aliphatic rings. The molecule has 0 amide bonds. The lowest BCUT2D eigenvalue weighted by atomic mass is 9.93. The SMILES string of the molecule is CC1CC(=O)CC(c2c[nH]c3ccc(F)cc23)N1. The molecular weight excluding hydrogens is 231 g/mol. The number of H-pyrrole nitrogens is 1. The van der Waals surface area contributed by atoms with Gasteiger partial charge in [0.15, 0.2) is 0 Å². The number of Topliss-reactive ketones (excluding diaryl/α,β-unsaturated/α-hetero) is 1. The topological polar surface area (TPSA) is 44.9 Å². The van der Waals surface area contributed by atoms with E-state index in [0.717, 1.165) is 16.5 Å². The normalized spacial score (nSPS) is 24.7. The van der Waals surface area contributed by atoms with Crippen molar-refractivity contribution in [3.63, 3.8) is 0 Å². The minimum atomic E-state index is -0.251. The van der Waals surface area contributed by atoms with Gasteiger partial charge in [0.25, 0.3) is 0 Å². The predicted molar refractivity (Wildman–Crippen MR) is 67.8 cm³/mol. The first-order valence-electron chi connectivity index (χ1n) is 6.18. The van der Waals surface area contributed by atoms with Crippen LogP contribution in [0.2, 0.25) is 0 Å². The number of carbonyl (C=O) groups excluding carboxylic acids is 1. The lowest BCUT2D eigenvalue weighted by molar-refractivity contribution is -0.121. The van der Waals surface area contributed by atoms with E-state index in [1.165, 1.54) is 12.1 Å². The molecule has 1 aromatic heterocycles. The van der Waals surface area contributed by atoms with Crippen LogP contribution in [0.1, 0.15) is 31.4 Å². The van der Waals surface area contributed by atoms with Crippen LogP contribution in [0.3, 0.4) is 0 Å². The van der Waals surface area contributed by atoms with Gasteiger partial charge in [-0.15, -0.1) is 0 Å². The third-order valence-corrected chi connectivity index (χ3v) is 3.50. The van der Waals surface area contributed by atoms with E-state index < -0.39 is 0 Å². The van der Waals surface area contributed by atoms with E-state index in [4.69, 9.17) is 0 Å². The number of rotatable bonds is 1. The van der Waals surface area contributed by atoms with E-state index in [0.29, 0.717) is 12.8 Å². The molecule has 2 aromatic rings. The van der Waals surface area contributed by atoms with Crippen LogP contribution < -0.4 is 5.32 Å². The Labute approximate surface area is 104 Å². The molecule has 0 aliphatic carbocycles. The van der Waals surface area contributed by atoms with Crippen molar-refractivity contribution in [3.8, 4) is 0 Å². The summed E-state index contributed by atoms with van der Waals surface area (Å²) in [6.07, 6.45) is 2.92. The monoisotopic (exact) mass is 246 g/mol. The number of benzene rings is 1. The van der Waals surface area contributed by atoms with Crippen molar-refractivity contribution in [3.05, 3.63) is 35.8 Å². The predicted octanol–water partition coefficient (Wildman–Crippen LogP) is 2.69. The maximum absolute atomic E-state index is 13.3. The zero-order valence-corrected chi connectivity index (χ0v) is 10.2. The van der Waals surface area contributed by atoms with Gasteiger partial charge in [0.2, 0.25) is 0 Å². The standard InChI is InChI=1S/C14H15FN2O/c1-8-4-10(18)6-14(17-8)12-7-16-13-3-2-9(15)5-11(12)13/h2-3,5,7-8,14,16-17H,4,6H2,1H3. The van der Waals surface area contributed by atoms with Crippen molar-refractivity contribution in [2.24, 2.45) is 0 Å². The van der Waals surface area contributed by atoms with E-state index in [-0.39, 0.29) is 23.7 Å². The fourth-order valence-electron chi connectivity index (χ4n) is 2.72. The van der Waals surface area contributed by atoms with Crippen LogP contribution in [0.15, 0.2) is 24.4 Å². The van der Waals surface area contributed by atoms with Gasteiger partial charge in [0.05, 0.1) is 0 Å². The molecule has 1 aromatic carbocycles. The van der Waals surface area contributed by atoms with E-state index in [2.05, 4.69) is 10.3 Å². The van der Waals surface area contributed by atoms with Crippen molar-refractivity contribution in [1.82, 2.24) is 10.3 Å². The molecule has 1 saturated heterocycles. The largest absolute Gasteiger partial charge is 0.361 e. The first kappa shape index (κ1) is 11.4. The Morgan fingerprint density at radius 1 is 1.33 bits per heavy atom. The average Bonchev–Trinajstić information content (AvgIpc) is 2.70. The Morgan fingerprint density at radius 2 is 2.17 bits per heavy atom. The Hall–Kier alpha value is -1.68. The number of halogens is 1. The molecule has 2 N–H and O–H groups in total. The van der Waals surface area contributed by atoms with E-state index in [1.54, 1.807) is 6.07 Å². The zero-order valence-electron chi connectivity index (χ0n) is 10.2. The number of aromatic nitrogens is 1. The van der Waals surface area contributed by atoms with Gasteiger partial charge in [0.1, 0.15) is 11.6 Å². The lowest BCUT2D eigenvalue weighted by Crippen LogP contribution is -2.38. The summed E-state index contributed by atoms with van der Waals surface area (Å²) in [5, 5.41) is 4.25. The highest BCUT2D eigenvalue weighted by Gasteiger charge is 2.26. The molecule has 2 unspecified atom stereocenters. The summed E-state index contributed by atoms with van der Waals surface area (Å²) < 4.78 is 13.3. The summed E-state index contributed by atoms with van der Waals surface area (Å²) in [4.78, 5) is 14.8. The Balaban J connectivity index is 2.03. The Bertz CT molecular complexity index is 605. The second-order valence-electron chi connectivity index (χ2n) is 5.00. The second-order valence-corrected chi connectivity index (χ2v) is 5.00. The van der Waals surface area contributed by atoms with Gasteiger partial charge in [-0.25, -0.2) is 4.39 Å². The van der Waals surface area contributed by atoms with Crippen molar-refractivity contribution in [2.45, 2.75) is 31.8 Å². The molecule has 1 fully saturated rings. The van der Waals surface area contributed by atoms with Crippen LogP contribution in [0.25, 0.3) is 10.9 Å². The molecule has 3 nitrogen and oxygen atoms in total. The summed E-state index contributed by atoms with van der Waals surface area (Å²) >= 11 is 0. The highest BCUT2D eigenvalue weighted by Crippen LogP contribution is 2.30. The van der Waals surface area contributed by atoms with Crippen molar-refractivity contribution in [1.29, 1.82) is 0 Å². The molecular formula is C14H15FN2O. The van der Waals surface area contributed by atoms with Gasteiger partial charge in [0, 0.05) is 42.0 Å². The molecule has 2 atom stereocenters. The molecule has 1 aliphatic heterocycles. The number of carbonyl (C=O) groups is 1. The maximum Gasteiger partial charge on any atom is 0.136 e. The van der Waals surface area contributed by atoms with E-state index in [1.807, 2.05) is 13.1 Å². The number of hydrogen-bond donors (Lipinski definition) is 2. The fourth-order valence-corrected chi connectivity index (χ4v) is 2.72. The minimum Gasteiger partial charge on any atom is -0.361 e. The first-order valence-corrected chi connectivity index (χ1v) is 6.18. The zero-order chi connectivity index (χ0) is 12.7. The van der Waals surface area contributed by atoms with Crippen LogP contribution >= 0.6 is 0 Å². The van der Waals surface area contributed by atoms with Gasteiger partial charge in [-0.3, -0.25) is 4.79 Å². The van der Waals surface area contributed by atoms with Crippen LogP contribution in [-0.2, 0) is 4.79 Å². The summed E-state index contributed by atoms with van der Waals surface area (Å²) in [5.41, 5.74) is 1.88. The summed E-state index contributed by atoms with van der Waals surface area (Å²) in [6, 6.07) is 4.84. The van der Waals surface area contributed by atoms with Crippen molar-refractivity contribution in [2.75, 3.05) is 0 Å². The Kier molecular flexibility index (Phi) is 2.67. The third kappa shape index (κ3) is 1.93. The fraction of sp³-hybridized carbons (Fsp3) is 0.357. The second kappa shape index (κ2) is 4.21. The van der Waals surface area contributed by atoms with Crippen molar-refractivity contribution >= 4 is 16.7 Å². The molecule has 94 valence electrons. The Morgan fingerprint density at radius 3 is 2.94 bits per heavy atom. The number of hydrogen-bond acceptors (Lipinski definition) is 2. The van der Waals surface area contributed by atoms with Gasteiger partial charge in [-0.1, -0.05) is 0 Å². The lowest BCUT2D eigenvalue weighted by Gasteiger charge is -2.27. The highest BCUT2D eigenvalue weighted by molar-refractivity contribution is 5.86. The summed E-state index contributed by atoms with van der Waals surface area (Å²) in [7, 11) is 0. The van der Waals surface area contributed by atoms with E-state index in [9.17, 15) is 9.18 Å². The average molecular weight is 246 g/mol. The third-order valence-electron chi connectivity index (χ3n) is 3.50. The first-order chi connectivity index (χ1) is 8.63. The van der Waals surface area contributed by atoms with Crippen LogP contribution in [0.4, 0.5) is 4.39 Å². The number of ketones is 1. The van der Waals surface area contributed by atoms with Gasteiger partial charge in [-0.05, 0) is 30.7 Å². The molecule has 18 heavy (non-hydrogen) atoms. The smallest absolute Gasteiger partial charge is 0.136 e. The summed E-state index contributed by atoms with van der Waals surface area (Å²) in [5.74, 6) is 0.00976. The molecule has 3 rings (SSSR count). The minimum absolute atomic E-state index is 0.0169. The number of fused-ring (bicyclic) bond motifs is 1. The number of nitrogens with one attached hydrogen (secondary N) is 2. The van der Waals surface area contributed by atoms with Gasteiger partial charge >= 0.3 is 0 Å². The summed E-state index contributed by atoms with van der Waals surface area (Å²) in [6.45, 7) is 2.00. The van der Waals surface area contributed by atoms with Crippen LogP contribution in [0.5, 0.6) is 0 Å². The van der Waals surface area contributed by atoms with Crippen LogP contribution in [0, 0.1) is 5.82 Å². The number of piperidine rings is 1. The molecule has 0 spiro atoms. The van der Waals surface area contributed by atoms with E-state index >= 15 is 0 Å². The van der Waals surface area contributed by atoms with Gasteiger partial charge < -0.3 is 10.3 Å². The van der Waals surface area contributed by atoms with Crippen LogP contribution in [-0.4, -0.2) is 16.8 Å². The molecule has 4 heteroatoms. The molecule has 0 saturated carbocycles.